The quantitative estimate of drug-likeness (QED) is 0.594. The molecule has 2 rings (SSSR count). The molecule has 0 aliphatic heterocycles. The lowest BCUT2D eigenvalue weighted by Gasteiger charge is -2.35. The SMILES string of the molecule is Cc1cccnc1NC(=O)C(F)(F)C(F)(F)C(F)(F)C(F)(F)C(=O)Nc1ncccc1C. The number of nitrogens with one attached hydrogen (secondary N) is 2. The highest BCUT2D eigenvalue weighted by Gasteiger charge is 2.84. The number of pyridine rings is 2. The maximum absolute atomic E-state index is 14.1. The highest BCUT2D eigenvalue weighted by molar-refractivity contribution is 5.98. The number of hydrogen-bond donors (Lipinski definition) is 2. The van der Waals surface area contributed by atoms with Crippen molar-refractivity contribution in [2.24, 2.45) is 0 Å². The summed E-state index contributed by atoms with van der Waals surface area (Å²) in [5, 5.41) is 2.38. The van der Waals surface area contributed by atoms with Gasteiger partial charge < -0.3 is 10.6 Å². The Morgan fingerprint density at radius 3 is 1.28 bits per heavy atom. The number of aromatic nitrogens is 2. The standard InChI is InChI=1S/C18H14F8N4O2/c1-9-5-3-7-27-11(9)29-13(31)15(19,20)17(23,24)18(25,26)16(21,22)14(32)30-12-10(2)6-4-8-28-12/h3-8H,1-2H3,(H,27,29,31)(H,28,30,32). The minimum absolute atomic E-state index is 0.0119. The van der Waals surface area contributed by atoms with Crippen LogP contribution in [0.5, 0.6) is 0 Å². The number of carbonyl (C=O) groups excluding carboxylic acids is 2. The van der Waals surface area contributed by atoms with Crippen LogP contribution in [0.25, 0.3) is 0 Å². The van der Waals surface area contributed by atoms with Crippen LogP contribution in [0.4, 0.5) is 46.8 Å². The Labute approximate surface area is 175 Å². The lowest BCUT2D eigenvalue weighted by atomic mass is 9.97. The molecular formula is C18H14F8N4O2. The lowest BCUT2D eigenvalue weighted by Crippen LogP contribution is -2.67. The van der Waals surface area contributed by atoms with Gasteiger partial charge in [0.25, 0.3) is 0 Å². The van der Waals surface area contributed by atoms with Crippen molar-refractivity contribution in [3.05, 3.63) is 47.8 Å². The first-order chi connectivity index (χ1) is 14.6. The molecule has 0 radical (unpaired) electrons. The van der Waals surface area contributed by atoms with E-state index in [-0.39, 0.29) is 11.1 Å². The Hall–Kier alpha value is -3.32. The van der Waals surface area contributed by atoms with Crippen molar-refractivity contribution >= 4 is 23.5 Å². The van der Waals surface area contributed by atoms with Gasteiger partial charge in [0.15, 0.2) is 0 Å². The molecule has 0 aliphatic rings. The molecule has 0 saturated carbocycles. The topological polar surface area (TPSA) is 84.0 Å². The second kappa shape index (κ2) is 8.31. The number of hydrogen-bond acceptors (Lipinski definition) is 4. The molecule has 0 atom stereocenters. The molecule has 14 heteroatoms. The van der Waals surface area contributed by atoms with E-state index in [1.165, 1.54) is 48.7 Å². The number of aryl methyl sites for hydroxylation is 2. The van der Waals surface area contributed by atoms with Gasteiger partial charge in [-0.15, -0.1) is 0 Å². The number of anilines is 2. The summed E-state index contributed by atoms with van der Waals surface area (Å²) in [7, 11) is 0. The van der Waals surface area contributed by atoms with Crippen molar-refractivity contribution in [3.8, 4) is 0 Å². The third-order valence-corrected chi connectivity index (χ3v) is 4.24. The van der Waals surface area contributed by atoms with Gasteiger partial charge in [0.1, 0.15) is 11.6 Å². The summed E-state index contributed by atoms with van der Waals surface area (Å²) < 4.78 is 112. The summed E-state index contributed by atoms with van der Waals surface area (Å²) in [5.41, 5.74) is -0.0238. The van der Waals surface area contributed by atoms with E-state index in [1.54, 1.807) is 0 Å². The van der Waals surface area contributed by atoms with Gasteiger partial charge in [0.2, 0.25) is 0 Å². The van der Waals surface area contributed by atoms with E-state index in [1.807, 2.05) is 0 Å². The van der Waals surface area contributed by atoms with Gasteiger partial charge in [-0.1, -0.05) is 12.1 Å². The van der Waals surface area contributed by atoms with Crippen LogP contribution in [0, 0.1) is 13.8 Å². The van der Waals surface area contributed by atoms with Crippen molar-refractivity contribution in [1.82, 2.24) is 9.97 Å². The summed E-state index contributed by atoms with van der Waals surface area (Å²) >= 11 is 0. The smallest absolute Gasteiger partial charge is 0.305 e. The molecule has 2 heterocycles. The Kier molecular flexibility index (Phi) is 6.48. The average Bonchev–Trinajstić information content (AvgIpc) is 2.70. The first-order valence-corrected chi connectivity index (χ1v) is 8.54. The molecule has 0 aromatic carbocycles. The van der Waals surface area contributed by atoms with Crippen molar-refractivity contribution in [1.29, 1.82) is 0 Å². The summed E-state index contributed by atoms with van der Waals surface area (Å²) in [5.74, 6) is -34.2. The maximum atomic E-state index is 14.1. The Morgan fingerprint density at radius 2 is 1.00 bits per heavy atom. The second-order valence-electron chi connectivity index (χ2n) is 6.54. The predicted octanol–water partition coefficient (Wildman–Crippen LogP) is 4.21. The fraction of sp³-hybridized carbons (Fsp3) is 0.333. The number of nitrogens with zero attached hydrogens (tertiary/aromatic N) is 2. The molecule has 0 fully saturated rings. The van der Waals surface area contributed by atoms with E-state index < -0.39 is 47.1 Å². The van der Waals surface area contributed by atoms with Gasteiger partial charge in [0, 0.05) is 12.4 Å². The maximum Gasteiger partial charge on any atom is 0.393 e. The number of carbonyl (C=O) groups is 2. The van der Waals surface area contributed by atoms with Gasteiger partial charge in [-0.05, 0) is 37.1 Å². The fourth-order valence-electron chi connectivity index (χ4n) is 2.28. The van der Waals surface area contributed by atoms with Crippen LogP contribution in [-0.2, 0) is 9.59 Å². The zero-order valence-corrected chi connectivity index (χ0v) is 16.2. The molecule has 2 aromatic heterocycles. The number of amides is 2. The summed E-state index contributed by atoms with van der Waals surface area (Å²) in [6.07, 6.45) is 1.93. The van der Waals surface area contributed by atoms with Gasteiger partial charge in [-0.3, -0.25) is 9.59 Å². The first-order valence-electron chi connectivity index (χ1n) is 8.54. The van der Waals surface area contributed by atoms with Crippen molar-refractivity contribution in [2.45, 2.75) is 37.5 Å². The molecule has 32 heavy (non-hydrogen) atoms. The molecule has 174 valence electrons. The third kappa shape index (κ3) is 4.08. The summed E-state index contributed by atoms with van der Waals surface area (Å²) in [4.78, 5) is 30.1. The van der Waals surface area contributed by atoms with Crippen LogP contribution >= 0.6 is 0 Å². The van der Waals surface area contributed by atoms with Gasteiger partial charge in [-0.25, -0.2) is 9.97 Å². The Morgan fingerprint density at radius 1 is 0.688 bits per heavy atom. The van der Waals surface area contributed by atoms with Gasteiger partial charge in [-0.2, -0.15) is 35.1 Å². The van der Waals surface area contributed by atoms with E-state index in [0.29, 0.717) is 0 Å². The molecule has 0 saturated heterocycles. The second-order valence-corrected chi connectivity index (χ2v) is 6.54. The van der Waals surface area contributed by atoms with E-state index in [9.17, 15) is 44.7 Å². The fourth-order valence-corrected chi connectivity index (χ4v) is 2.28. The number of halogens is 8. The molecular weight excluding hydrogens is 456 g/mol. The van der Waals surface area contributed by atoms with E-state index >= 15 is 0 Å². The molecule has 6 nitrogen and oxygen atoms in total. The van der Waals surface area contributed by atoms with Crippen molar-refractivity contribution in [2.75, 3.05) is 10.6 Å². The van der Waals surface area contributed by atoms with E-state index in [2.05, 4.69) is 9.97 Å². The van der Waals surface area contributed by atoms with Crippen molar-refractivity contribution < 1.29 is 44.7 Å². The van der Waals surface area contributed by atoms with Crippen LogP contribution in [0.15, 0.2) is 36.7 Å². The van der Waals surface area contributed by atoms with Crippen LogP contribution < -0.4 is 10.6 Å². The third-order valence-electron chi connectivity index (χ3n) is 4.24. The zero-order chi connectivity index (χ0) is 24.5. The van der Waals surface area contributed by atoms with Crippen LogP contribution in [0.1, 0.15) is 11.1 Å². The van der Waals surface area contributed by atoms with Gasteiger partial charge >= 0.3 is 35.5 Å². The lowest BCUT2D eigenvalue weighted by molar-refractivity contribution is -0.345. The largest absolute Gasteiger partial charge is 0.393 e. The Bertz CT molecular complexity index is 948. The monoisotopic (exact) mass is 470 g/mol. The molecule has 2 aromatic rings. The molecule has 0 spiro atoms. The van der Waals surface area contributed by atoms with Crippen LogP contribution in [0.3, 0.4) is 0 Å². The Balaban J connectivity index is 2.36. The zero-order valence-electron chi connectivity index (χ0n) is 16.2. The minimum Gasteiger partial charge on any atom is -0.305 e. The van der Waals surface area contributed by atoms with E-state index in [0.717, 1.165) is 12.4 Å². The summed E-state index contributed by atoms with van der Waals surface area (Å²) in [6.45, 7) is 2.43. The van der Waals surface area contributed by atoms with Crippen LogP contribution in [-0.4, -0.2) is 45.5 Å². The van der Waals surface area contributed by atoms with Crippen molar-refractivity contribution in [3.63, 3.8) is 0 Å². The highest BCUT2D eigenvalue weighted by atomic mass is 19.4. The highest BCUT2D eigenvalue weighted by Crippen LogP contribution is 2.53. The molecule has 0 aliphatic carbocycles. The first kappa shape index (κ1) is 24.9. The number of rotatable bonds is 7. The molecule has 0 bridgehead atoms. The van der Waals surface area contributed by atoms with Gasteiger partial charge in [0.05, 0.1) is 0 Å². The minimum atomic E-state index is -6.99. The molecule has 2 amide bonds. The normalized spacial score (nSPS) is 12.9. The number of alkyl halides is 8. The molecule has 2 N–H and O–H groups in total. The summed E-state index contributed by atoms with van der Waals surface area (Å²) in [6, 6.07) is 5.00. The van der Waals surface area contributed by atoms with E-state index in [4.69, 9.17) is 0 Å². The van der Waals surface area contributed by atoms with Crippen LogP contribution in [0.2, 0.25) is 0 Å². The predicted molar refractivity (Wildman–Crippen MR) is 95.0 cm³/mol. The molecule has 0 unspecified atom stereocenters. The average molecular weight is 470 g/mol.